The standard InChI is InChI=1S/C9H15BrN2O/c1-7(8(10)6-11)12-9-4-2-3-5-13-9/h6,9,11-12H,2-5H2,1H3/b8-7+,11-6?. The predicted octanol–water partition coefficient (Wildman–Crippen LogP) is 2.38. The van der Waals surface area contributed by atoms with Gasteiger partial charge < -0.3 is 15.5 Å². The van der Waals surface area contributed by atoms with E-state index in [4.69, 9.17) is 10.1 Å². The molecule has 1 atom stereocenters. The van der Waals surface area contributed by atoms with E-state index in [2.05, 4.69) is 21.2 Å². The third-order valence-electron chi connectivity index (χ3n) is 2.04. The molecule has 1 heterocycles. The van der Waals surface area contributed by atoms with Crippen LogP contribution < -0.4 is 5.32 Å². The lowest BCUT2D eigenvalue weighted by Gasteiger charge is -2.24. The maximum absolute atomic E-state index is 7.05. The molecule has 0 radical (unpaired) electrons. The van der Waals surface area contributed by atoms with Gasteiger partial charge in [0.1, 0.15) is 6.23 Å². The monoisotopic (exact) mass is 246 g/mol. The third kappa shape index (κ3) is 3.48. The van der Waals surface area contributed by atoms with E-state index in [-0.39, 0.29) is 6.23 Å². The lowest BCUT2D eigenvalue weighted by molar-refractivity contribution is 0.00116. The number of halogens is 1. The molecule has 0 spiro atoms. The minimum atomic E-state index is 0.126. The zero-order valence-corrected chi connectivity index (χ0v) is 9.36. The van der Waals surface area contributed by atoms with E-state index in [1.54, 1.807) is 0 Å². The Morgan fingerprint density at radius 1 is 1.62 bits per heavy atom. The van der Waals surface area contributed by atoms with E-state index in [0.717, 1.165) is 29.6 Å². The predicted molar refractivity (Wildman–Crippen MR) is 57.1 cm³/mol. The SMILES string of the molecule is C/C(NC1CCCCO1)=C(\Br)C=N. The Labute approximate surface area is 87.2 Å². The number of hydrogen-bond acceptors (Lipinski definition) is 3. The van der Waals surface area contributed by atoms with Gasteiger partial charge in [-0.05, 0) is 42.1 Å². The number of hydrogen-bond donors (Lipinski definition) is 2. The molecule has 4 heteroatoms. The molecule has 3 nitrogen and oxygen atoms in total. The first-order chi connectivity index (χ1) is 6.24. The summed E-state index contributed by atoms with van der Waals surface area (Å²) in [6.45, 7) is 2.78. The van der Waals surface area contributed by atoms with Crippen molar-refractivity contribution in [3.8, 4) is 0 Å². The molecule has 74 valence electrons. The van der Waals surface area contributed by atoms with Gasteiger partial charge in [-0.2, -0.15) is 0 Å². The molecule has 1 unspecified atom stereocenters. The van der Waals surface area contributed by atoms with Gasteiger partial charge in [-0.3, -0.25) is 0 Å². The number of nitrogens with one attached hydrogen (secondary N) is 2. The van der Waals surface area contributed by atoms with E-state index < -0.39 is 0 Å². The van der Waals surface area contributed by atoms with E-state index in [1.165, 1.54) is 12.6 Å². The molecule has 1 aliphatic rings. The van der Waals surface area contributed by atoms with Crippen molar-refractivity contribution in [2.45, 2.75) is 32.4 Å². The molecule has 0 aromatic carbocycles. The van der Waals surface area contributed by atoms with Crippen LogP contribution in [-0.4, -0.2) is 19.0 Å². The molecular weight excluding hydrogens is 232 g/mol. The van der Waals surface area contributed by atoms with Crippen LogP contribution in [0.5, 0.6) is 0 Å². The summed E-state index contributed by atoms with van der Waals surface area (Å²) in [5.74, 6) is 0. The van der Waals surface area contributed by atoms with Gasteiger partial charge in [0.05, 0.1) is 4.48 Å². The molecule has 0 aromatic heterocycles. The summed E-state index contributed by atoms with van der Waals surface area (Å²) >= 11 is 3.29. The summed E-state index contributed by atoms with van der Waals surface area (Å²) in [5.41, 5.74) is 0.960. The maximum atomic E-state index is 7.05. The second-order valence-electron chi connectivity index (χ2n) is 3.12. The van der Waals surface area contributed by atoms with Crippen molar-refractivity contribution < 1.29 is 4.74 Å². The molecule has 2 N–H and O–H groups in total. The van der Waals surface area contributed by atoms with Crippen molar-refractivity contribution >= 4 is 22.1 Å². The largest absolute Gasteiger partial charge is 0.363 e. The van der Waals surface area contributed by atoms with Crippen LogP contribution in [0.25, 0.3) is 0 Å². The maximum Gasteiger partial charge on any atom is 0.127 e. The molecule has 1 aliphatic heterocycles. The van der Waals surface area contributed by atoms with Crippen LogP contribution in [0.3, 0.4) is 0 Å². The van der Waals surface area contributed by atoms with Crippen molar-refractivity contribution in [2.75, 3.05) is 6.61 Å². The Hall–Kier alpha value is -0.350. The summed E-state index contributed by atoms with van der Waals surface area (Å²) in [6.07, 6.45) is 4.84. The summed E-state index contributed by atoms with van der Waals surface area (Å²) in [6, 6.07) is 0. The number of allylic oxidation sites excluding steroid dienone is 2. The van der Waals surface area contributed by atoms with Gasteiger partial charge in [-0.15, -0.1) is 0 Å². The van der Waals surface area contributed by atoms with Gasteiger partial charge in [-0.25, -0.2) is 0 Å². The minimum Gasteiger partial charge on any atom is -0.363 e. The molecular formula is C9H15BrN2O. The zero-order valence-electron chi connectivity index (χ0n) is 7.77. The quantitative estimate of drug-likeness (QED) is 0.752. The topological polar surface area (TPSA) is 45.1 Å². The highest BCUT2D eigenvalue weighted by molar-refractivity contribution is 9.12. The Morgan fingerprint density at radius 2 is 2.38 bits per heavy atom. The molecule has 0 amide bonds. The van der Waals surface area contributed by atoms with Crippen molar-refractivity contribution in [1.82, 2.24) is 5.32 Å². The second kappa shape index (κ2) is 5.40. The Balaban J connectivity index is 2.42. The molecule has 1 saturated heterocycles. The Kier molecular flexibility index (Phi) is 4.45. The summed E-state index contributed by atoms with van der Waals surface area (Å²) in [5, 5.41) is 10.3. The van der Waals surface area contributed by atoms with Gasteiger partial charge in [0.25, 0.3) is 0 Å². The Bertz CT molecular complexity index is 210. The first-order valence-corrected chi connectivity index (χ1v) is 5.28. The highest BCUT2D eigenvalue weighted by Crippen LogP contribution is 2.13. The van der Waals surface area contributed by atoms with Gasteiger partial charge in [0, 0.05) is 18.5 Å². The average molecular weight is 247 g/mol. The van der Waals surface area contributed by atoms with Crippen LogP contribution in [0, 0.1) is 5.41 Å². The second-order valence-corrected chi connectivity index (χ2v) is 3.97. The summed E-state index contributed by atoms with van der Waals surface area (Å²) < 4.78 is 6.28. The van der Waals surface area contributed by atoms with E-state index in [9.17, 15) is 0 Å². The number of ether oxygens (including phenoxy) is 1. The van der Waals surface area contributed by atoms with Gasteiger partial charge in [0.2, 0.25) is 0 Å². The van der Waals surface area contributed by atoms with E-state index in [0.29, 0.717) is 0 Å². The van der Waals surface area contributed by atoms with Crippen molar-refractivity contribution in [2.24, 2.45) is 0 Å². The van der Waals surface area contributed by atoms with Crippen LogP contribution in [0.1, 0.15) is 26.2 Å². The van der Waals surface area contributed by atoms with Crippen LogP contribution in [0.15, 0.2) is 10.2 Å². The average Bonchev–Trinajstić information content (AvgIpc) is 2.18. The number of rotatable bonds is 3. The van der Waals surface area contributed by atoms with Crippen LogP contribution in [0.4, 0.5) is 0 Å². The summed E-state index contributed by atoms with van der Waals surface area (Å²) in [4.78, 5) is 0. The fraction of sp³-hybridized carbons (Fsp3) is 0.667. The first-order valence-electron chi connectivity index (χ1n) is 4.49. The minimum absolute atomic E-state index is 0.126. The molecule has 0 saturated carbocycles. The van der Waals surface area contributed by atoms with Crippen molar-refractivity contribution in [3.63, 3.8) is 0 Å². The highest BCUT2D eigenvalue weighted by Gasteiger charge is 2.13. The fourth-order valence-electron chi connectivity index (χ4n) is 1.27. The smallest absolute Gasteiger partial charge is 0.127 e. The fourth-order valence-corrected chi connectivity index (χ4v) is 1.39. The van der Waals surface area contributed by atoms with Gasteiger partial charge in [-0.1, -0.05) is 0 Å². The van der Waals surface area contributed by atoms with Crippen LogP contribution in [0.2, 0.25) is 0 Å². The molecule has 0 bridgehead atoms. The molecule has 1 fully saturated rings. The lowest BCUT2D eigenvalue weighted by atomic mass is 10.2. The van der Waals surface area contributed by atoms with Crippen LogP contribution in [-0.2, 0) is 4.74 Å². The first kappa shape index (κ1) is 10.7. The molecule has 0 aliphatic carbocycles. The third-order valence-corrected chi connectivity index (χ3v) is 2.87. The Morgan fingerprint density at radius 3 is 2.92 bits per heavy atom. The highest BCUT2D eigenvalue weighted by atomic mass is 79.9. The summed E-state index contributed by atoms with van der Waals surface area (Å²) in [7, 11) is 0. The van der Waals surface area contributed by atoms with E-state index in [1.807, 2.05) is 6.92 Å². The lowest BCUT2D eigenvalue weighted by Crippen LogP contribution is -2.33. The van der Waals surface area contributed by atoms with Gasteiger partial charge in [0.15, 0.2) is 0 Å². The van der Waals surface area contributed by atoms with E-state index >= 15 is 0 Å². The molecule has 13 heavy (non-hydrogen) atoms. The van der Waals surface area contributed by atoms with Crippen molar-refractivity contribution in [3.05, 3.63) is 10.2 Å². The molecule has 1 rings (SSSR count). The normalized spacial score (nSPS) is 24.9. The van der Waals surface area contributed by atoms with Gasteiger partial charge >= 0.3 is 0 Å². The molecule has 0 aromatic rings. The van der Waals surface area contributed by atoms with Crippen LogP contribution >= 0.6 is 15.9 Å². The van der Waals surface area contributed by atoms with Crippen molar-refractivity contribution in [1.29, 1.82) is 5.41 Å². The zero-order chi connectivity index (χ0) is 9.68.